The number of nitrogens with zero attached hydrogens (tertiary/aromatic N) is 1. The van der Waals surface area contributed by atoms with Crippen LogP contribution in [-0.2, 0) is 4.79 Å². The van der Waals surface area contributed by atoms with Crippen molar-refractivity contribution in [2.75, 3.05) is 26.7 Å². The van der Waals surface area contributed by atoms with Crippen LogP contribution < -0.4 is 10.6 Å². The average Bonchev–Trinajstić information content (AvgIpc) is 3.18. The van der Waals surface area contributed by atoms with Gasteiger partial charge in [0.05, 0.1) is 12.5 Å². The number of rotatable bonds is 7. The third kappa shape index (κ3) is 5.81. The topological polar surface area (TPSA) is 61.4 Å². The molecule has 0 spiro atoms. The fourth-order valence-electron chi connectivity index (χ4n) is 3.59. The number of hydrogen-bond acceptors (Lipinski definition) is 3. The van der Waals surface area contributed by atoms with E-state index < -0.39 is 0 Å². The SMILES string of the molecule is CNCC1CCN(C(=O)CC(NC(=O)c2ccccc2)c2ccccc2)C1.Cl. The van der Waals surface area contributed by atoms with E-state index in [2.05, 4.69) is 10.6 Å². The van der Waals surface area contributed by atoms with Crippen molar-refractivity contribution in [3.8, 4) is 0 Å². The lowest BCUT2D eigenvalue weighted by atomic mass is 10.0. The zero-order chi connectivity index (χ0) is 19.1. The predicted octanol–water partition coefficient (Wildman–Crippen LogP) is 3.04. The monoisotopic (exact) mass is 401 g/mol. The molecule has 2 aromatic carbocycles. The maximum absolute atomic E-state index is 12.9. The highest BCUT2D eigenvalue weighted by molar-refractivity contribution is 5.94. The Morgan fingerprint density at radius 1 is 1.07 bits per heavy atom. The average molecular weight is 402 g/mol. The molecule has 28 heavy (non-hydrogen) atoms. The first kappa shape index (κ1) is 21.9. The number of amides is 2. The van der Waals surface area contributed by atoms with Crippen LogP contribution in [0.2, 0.25) is 0 Å². The third-order valence-electron chi connectivity index (χ3n) is 5.05. The molecule has 1 fully saturated rings. The van der Waals surface area contributed by atoms with Gasteiger partial charge in [0, 0.05) is 18.7 Å². The Hall–Kier alpha value is -2.37. The largest absolute Gasteiger partial charge is 0.345 e. The van der Waals surface area contributed by atoms with Gasteiger partial charge in [-0.2, -0.15) is 0 Å². The number of likely N-dealkylation sites (tertiary alicyclic amines) is 1. The molecule has 0 saturated carbocycles. The summed E-state index contributed by atoms with van der Waals surface area (Å²) in [6.07, 6.45) is 1.30. The van der Waals surface area contributed by atoms with Crippen LogP contribution in [0.15, 0.2) is 60.7 Å². The molecule has 0 bridgehead atoms. The Balaban J connectivity index is 0.00000280. The summed E-state index contributed by atoms with van der Waals surface area (Å²) in [5.74, 6) is 0.440. The molecule has 0 aromatic heterocycles. The van der Waals surface area contributed by atoms with E-state index in [0.29, 0.717) is 11.5 Å². The van der Waals surface area contributed by atoms with Crippen molar-refractivity contribution in [1.82, 2.24) is 15.5 Å². The molecular weight excluding hydrogens is 374 g/mol. The highest BCUT2D eigenvalue weighted by Gasteiger charge is 2.28. The van der Waals surface area contributed by atoms with Gasteiger partial charge in [0.2, 0.25) is 5.91 Å². The second-order valence-electron chi connectivity index (χ2n) is 7.06. The van der Waals surface area contributed by atoms with Crippen molar-refractivity contribution in [1.29, 1.82) is 0 Å². The molecule has 3 rings (SSSR count). The number of carbonyl (C=O) groups excluding carboxylic acids is 2. The highest BCUT2D eigenvalue weighted by atomic mass is 35.5. The van der Waals surface area contributed by atoms with E-state index in [9.17, 15) is 9.59 Å². The van der Waals surface area contributed by atoms with Gasteiger partial charge in [-0.1, -0.05) is 48.5 Å². The van der Waals surface area contributed by atoms with E-state index in [0.717, 1.165) is 31.6 Å². The quantitative estimate of drug-likeness (QED) is 0.749. The lowest BCUT2D eigenvalue weighted by Crippen LogP contribution is -2.36. The summed E-state index contributed by atoms with van der Waals surface area (Å²) in [5, 5.41) is 6.23. The second-order valence-corrected chi connectivity index (χ2v) is 7.06. The Kier molecular flexibility index (Phi) is 8.48. The summed E-state index contributed by atoms with van der Waals surface area (Å²) >= 11 is 0. The second kappa shape index (κ2) is 10.8. The minimum atomic E-state index is -0.338. The first-order valence-corrected chi connectivity index (χ1v) is 9.50. The number of hydrogen-bond donors (Lipinski definition) is 2. The van der Waals surface area contributed by atoms with Crippen molar-refractivity contribution in [2.45, 2.75) is 18.9 Å². The van der Waals surface area contributed by atoms with Gasteiger partial charge in [0.25, 0.3) is 5.91 Å². The zero-order valence-corrected chi connectivity index (χ0v) is 17.0. The number of benzene rings is 2. The molecule has 2 aromatic rings. The summed E-state index contributed by atoms with van der Waals surface area (Å²) in [6.45, 7) is 2.50. The minimum Gasteiger partial charge on any atom is -0.345 e. The first-order chi connectivity index (χ1) is 13.2. The molecule has 6 heteroatoms. The van der Waals surface area contributed by atoms with Gasteiger partial charge < -0.3 is 15.5 Å². The van der Waals surface area contributed by atoms with Crippen LogP contribution in [0.25, 0.3) is 0 Å². The van der Waals surface area contributed by atoms with Gasteiger partial charge in [-0.25, -0.2) is 0 Å². The van der Waals surface area contributed by atoms with Crippen LogP contribution in [0.3, 0.4) is 0 Å². The van der Waals surface area contributed by atoms with Crippen molar-refractivity contribution < 1.29 is 9.59 Å². The zero-order valence-electron chi connectivity index (χ0n) is 16.1. The van der Waals surface area contributed by atoms with Gasteiger partial charge in [-0.05, 0) is 43.6 Å². The predicted molar refractivity (Wildman–Crippen MR) is 114 cm³/mol. The Morgan fingerprint density at radius 2 is 1.71 bits per heavy atom. The van der Waals surface area contributed by atoms with Gasteiger partial charge >= 0.3 is 0 Å². The Labute approximate surface area is 172 Å². The molecule has 2 atom stereocenters. The summed E-state index contributed by atoms with van der Waals surface area (Å²) in [7, 11) is 1.94. The fourth-order valence-corrected chi connectivity index (χ4v) is 3.59. The lowest BCUT2D eigenvalue weighted by Gasteiger charge is -2.23. The first-order valence-electron chi connectivity index (χ1n) is 9.50. The van der Waals surface area contributed by atoms with E-state index in [1.807, 2.05) is 60.5 Å². The summed E-state index contributed by atoms with van der Waals surface area (Å²) in [5.41, 5.74) is 1.54. The van der Waals surface area contributed by atoms with E-state index >= 15 is 0 Å². The lowest BCUT2D eigenvalue weighted by molar-refractivity contribution is -0.130. The smallest absolute Gasteiger partial charge is 0.251 e. The molecule has 150 valence electrons. The van der Waals surface area contributed by atoms with Gasteiger partial charge in [0.1, 0.15) is 0 Å². The Bertz CT molecular complexity index is 755. The van der Waals surface area contributed by atoms with Crippen molar-refractivity contribution in [2.24, 2.45) is 5.92 Å². The fraction of sp³-hybridized carbons (Fsp3) is 0.364. The minimum absolute atomic E-state index is 0. The van der Waals surface area contributed by atoms with Crippen LogP contribution in [0.5, 0.6) is 0 Å². The van der Waals surface area contributed by atoms with E-state index in [1.165, 1.54) is 0 Å². The number of halogens is 1. The van der Waals surface area contributed by atoms with Crippen molar-refractivity contribution in [3.05, 3.63) is 71.8 Å². The highest BCUT2D eigenvalue weighted by Crippen LogP contribution is 2.22. The molecule has 1 saturated heterocycles. The van der Waals surface area contributed by atoms with Crippen LogP contribution in [-0.4, -0.2) is 43.4 Å². The summed E-state index contributed by atoms with van der Waals surface area (Å²) in [6, 6.07) is 18.5. The maximum atomic E-state index is 12.9. The number of nitrogens with one attached hydrogen (secondary N) is 2. The molecule has 2 amide bonds. The van der Waals surface area contributed by atoms with E-state index in [1.54, 1.807) is 12.1 Å². The molecule has 5 nitrogen and oxygen atoms in total. The molecule has 0 radical (unpaired) electrons. The molecule has 0 aliphatic carbocycles. The number of carbonyl (C=O) groups is 2. The van der Waals surface area contributed by atoms with Crippen molar-refractivity contribution >= 4 is 24.2 Å². The molecule has 1 aliphatic rings. The van der Waals surface area contributed by atoms with Gasteiger partial charge in [-0.15, -0.1) is 12.4 Å². The standard InChI is InChI=1S/C22H27N3O2.ClH/c1-23-15-17-12-13-25(16-17)21(26)14-20(18-8-4-2-5-9-18)24-22(27)19-10-6-3-7-11-19;/h2-11,17,20,23H,12-16H2,1H3,(H,24,27);1H. The van der Waals surface area contributed by atoms with E-state index in [-0.39, 0.29) is 36.7 Å². The summed E-state index contributed by atoms with van der Waals surface area (Å²) in [4.78, 5) is 27.4. The molecule has 2 unspecified atom stereocenters. The summed E-state index contributed by atoms with van der Waals surface area (Å²) < 4.78 is 0. The molecule has 2 N–H and O–H groups in total. The van der Waals surface area contributed by atoms with Crippen LogP contribution in [0.1, 0.15) is 34.8 Å². The van der Waals surface area contributed by atoms with Crippen molar-refractivity contribution in [3.63, 3.8) is 0 Å². The molecule has 1 heterocycles. The Morgan fingerprint density at radius 3 is 2.36 bits per heavy atom. The van der Waals surface area contributed by atoms with Gasteiger partial charge in [-0.3, -0.25) is 9.59 Å². The van der Waals surface area contributed by atoms with E-state index in [4.69, 9.17) is 0 Å². The van der Waals surface area contributed by atoms with Crippen LogP contribution in [0.4, 0.5) is 0 Å². The third-order valence-corrected chi connectivity index (χ3v) is 5.05. The molecule has 1 aliphatic heterocycles. The van der Waals surface area contributed by atoms with Crippen LogP contribution >= 0.6 is 12.4 Å². The van der Waals surface area contributed by atoms with Crippen LogP contribution in [0, 0.1) is 5.92 Å². The normalized spacial score (nSPS) is 16.9. The maximum Gasteiger partial charge on any atom is 0.251 e. The molecular formula is C22H28ClN3O2. The van der Waals surface area contributed by atoms with Gasteiger partial charge in [0.15, 0.2) is 0 Å².